The van der Waals surface area contributed by atoms with Gasteiger partial charge in [-0.25, -0.2) is 4.98 Å². The zero-order valence-corrected chi connectivity index (χ0v) is 16.2. The third-order valence-electron chi connectivity index (χ3n) is 4.68. The summed E-state index contributed by atoms with van der Waals surface area (Å²) in [6.45, 7) is 7.13. The second-order valence-corrected chi connectivity index (χ2v) is 7.86. The van der Waals surface area contributed by atoms with Crippen LogP contribution in [0.2, 0.25) is 0 Å². The molecular weight excluding hydrogens is 348 g/mol. The number of aryl methyl sites for hydroxylation is 2. The molecule has 0 saturated carbocycles. The number of fused-ring (bicyclic) bond motifs is 1. The predicted octanol–water partition coefficient (Wildman–Crippen LogP) is 3.25. The standard InChI is InChI=1S/C19H22N4O2S/c1-11-9-23(10-12(2)25-11)19(24)14-8-15(16-6-5-7-26-16)20-18-17(14)13(3)21-22(18)4/h5-8,11-12H,9-10H2,1-4H3. The van der Waals surface area contributed by atoms with Crippen LogP contribution < -0.4 is 0 Å². The van der Waals surface area contributed by atoms with Gasteiger partial charge in [0.1, 0.15) is 0 Å². The summed E-state index contributed by atoms with van der Waals surface area (Å²) < 4.78 is 7.53. The number of rotatable bonds is 2. The van der Waals surface area contributed by atoms with E-state index in [2.05, 4.69) is 5.10 Å². The molecule has 1 amide bonds. The van der Waals surface area contributed by atoms with E-state index < -0.39 is 0 Å². The summed E-state index contributed by atoms with van der Waals surface area (Å²) in [5.41, 5.74) is 3.05. The average molecular weight is 370 g/mol. The van der Waals surface area contributed by atoms with E-state index >= 15 is 0 Å². The van der Waals surface area contributed by atoms with Gasteiger partial charge >= 0.3 is 0 Å². The molecule has 1 aliphatic heterocycles. The Morgan fingerprint density at radius 1 is 1.31 bits per heavy atom. The van der Waals surface area contributed by atoms with Crippen LogP contribution in [0.5, 0.6) is 0 Å². The SMILES string of the molecule is Cc1nn(C)c2nc(-c3cccs3)cc(C(=O)N3CC(C)OC(C)C3)c12. The third kappa shape index (κ3) is 2.91. The first kappa shape index (κ1) is 17.2. The van der Waals surface area contributed by atoms with Gasteiger partial charge in [-0.2, -0.15) is 5.10 Å². The predicted molar refractivity (Wildman–Crippen MR) is 102 cm³/mol. The summed E-state index contributed by atoms with van der Waals surface area (Å²) in [4.78, 5) is 21.1. The van der Waals surface area contributed by atoms with Gasteiger partial charge in [-0.05, 0) is 38.3 Å². The maximum Gasteiger partial charge on any atom is 0.254 e. The molecule has 4 heterocycles. The number of thiophene rings is 1. The second-order valence-electron chi connectivity index (χ2n) is 6.91. The van der Waals surface area contributed by atoms with Crippen LogP contribution in [0.25, 0.3) is 21.6 Å². The minimum Gasteiger partial charge on any atom is -0.372 e. The number of hydrogen-bond donors (Lipinski definition) is 0. The molecule has 3 aromatic rings. The highest BCUT2D eigenvalue weighted by Crippen LogP contribution is 2.30. The fourth-order valence-electron chi connectivity index (χ4n) is 3.68. The lowest BCUT2D eigenvalue weighted by Gasteiger charge is -2.35. The van der Waals surface area contributed by atoms with Crippen molar-refractivity contribution in [2.24, 2.45) is 7.05 Å². The van der Waals surface area contributed by atoms with Crippen LogP contribution in [-0.4, -0.2) is 50.9 Å². The van der Waals surface area contributed by atoms with Crippen molar-refractivity contribution in [3.63, 3.8) is 0 Å². The Balaban J connectivity index is 1.86. The van der Waals surface area contributed by atoms with E-state index in [-0.39, 0.29) is 18.1 Å². The quantitative estimate of drug-likeness (QED) is 0.695. The lowest BCUT2D eigenvalue weighted by molar-refractivity contribution is -0.0585. The fourth-order valence-corrected chi connectivity index (χ4v) is 4.36. The summed E-state index contributed by atoms with van der Waals surface area (Å²) in [6.07, 6.45) is 0.0681. The van der Waals surface area contributed by atoms with Gasteiger partial charge in [-0.15, -0.1) is 11.3 Å². The van der Waals surface area contributed by atoms with Gasteiger partial charge in [0.15, 0.2) is 5.65 Å². The van der Waals surface area contributed by atoms with Gasteiger partial charge in [-0.3, -0.25) is 9.48 Å². The normalized spacial score (nSPS) is 20.7. The van der Waals surface area contributed by atoms with E-state index in [1.54, 1.807) is 16.0 Å². The first-order valence-corrected chi connectivity index (χ1v) is 9.65. The minimum atomic E-state index is 0.0216. The molecule has 0 aromatic carbocycles. The van der Waals surface area contributed by atoms with Crippen molar-refractivity contribution in [2.75, 3.05) is 13.1 Å². The molecule has 6 nitrogen and oxygen atoms in total. The number of pyridine rings is 1. The molecule has 4 rings (SSSR count). The zero-order valence-electron chi connectivity index (χ0n) is 15.4. The lowest BCUT2D eigenvalue weighted by atomic mass is 10.1. The van der Waals surface area contributed by atoms with E-state index in [9.17, 15) is 4.79 Å². The molecule has 2 atom stereocenters. The van der Waals surface area contributed by atoms with Gasteiger partial charge in [0.25, 0.3) is 5.91 Å². The summed E-state index contributed by atoms with van der Waals surface area (Å²) >= 11 is 1.62. The van der Waals surface area contributed by atoms with E-state index in [1.165, 1.54) is 0 Å². The first-order valence-electron chi connectivity index (χ1n) is 8.77. The van der Waals surface area contributed by atoms with E-state index in [0.29, 0.717) is 18.7 Å². The molecule has 136 valence electrons. The van der Waals surface area contributed by atoms with Gasteiger partial charge in [0.2, 0.25) is 0 Å². The van der Waals surface area contributed by atoms with Crippen molar-refractivity contribution in [1.29, 1.82) is 0 Å². The molecular formula is C19H22N4O2S. The summed E-state index contributed by atoms with van der Waals surface area (Å²) in [5.74, 6) is 0.0216. The van der Waals surface area contributed by atoms with Crippen molar-refractivity contribution in [3.05, 3.63) is 34.8 Å². The molecule has 2 unspecified atom stereocenters. The molecule has 0 bridgehead atoms. The van der Waals surface area contributed by atoms with Crippen LogP contribution in [0, 0.1) is 6.92 Å². The molecule has 0 spiro atoms. The average Bonchev–Trinajstić information content (AvgIpc) is 3.22. The molecule has 1 fully saturated rings. The van der Waals surface area contributed by atoms with E-state index in [0.717, 1.165) is 27.3 Å². The first-order chi connectivity index (χ1) is 12.4. The van der Waals surface area contributed by atoms with E-state index in [1.807, 2.05) is 56.3 Å². The number of aromatic nitrogens is 3. The number of hydrogen-bond acceptors (Lipinski definition) is 5. The highest BCUT2D eigenvalue weighted by atomic mass is 32.1. The topological polar surface area (TPSA) is 60.2 Å². The lowest BCUT2D eigenvalue weighted by Crippen LogP contribution is -2.48. The van der Waals surface area contributed by atoms with Crippen LogP contribution >= 0.6 is 11.3 Å². The summed E-state index contributed by atoms with van der Waals surface area (Å²) in [7, 11) is 1.87. The number of morpholine rings is 1. The van der Waals surface area contributed by atoms with Crippen LogP contribution in [0.3, 0.4) is 0 Å². The Bertz CT molecular complexity index is 954. The highest BCUT2D eigenvalue weighted by molar-refractivity contribution is 7.13. The number of carbonyl (C=O) groups excluding carboxylic acids is 1. The number of carbonyl (C=O) groups is 1. The highest BCUT2D eigenvalue weighted by Gasteiger charge is 2.29. The van der Waals surface area contributed by atoms with Crippen molar-refractivity contribution >= 4 is 28.3 Å². The molecule has 7 heteroatoms. The Morgan fingerprint density at radius 2 is 2.04 bits per heavy atom. The van der Waals surface area contributed by atoms with Crippen molar-refractivity contribution in [1.82, 2.24) is 19.7 Å². The van der Waals surface area contributed by atoms with Crippen LogP contribution in [0.4, 0.5) is 0 Å². The maximum atomic E-state index is 13.4. The van der Waals surface area contributed by atoms with Crippen LogP contribution in [0.15, 0.2) is 23.6 Å². The molecule has 1 saturated heterocycles. The van der Waals surface area contributed by atoms with Crippen molar-refractivity contribution in [2.45, 2.75) is 33.0 Å². The molecule has 0 N–H and O–H groups in total. The summed E-state index contributed by atoms with van der Waals surface area (Å²) in [6, 6.07) is 5.93. The van der Waals surface area contributed by atoms with Gasteiger partial charge in [0.05, 0.1) is 39.4 Å². The Kier molecular flexibility index (Phi) is 4.28. The maximum absolute atomic E-state index is 13.4. The van der Waals surface area contributed by atoms with Crippen LogP contribution in [-0.2, 0) is 11.8 Å². The Labute approximate surface area is 156 Å². The van der Waals surface area contributed by atoms with E-state index in [4.69, 9.17) is 9.72 Å². The Hall–Kier alpha value is -2.25. The molecule has 0 radical (unpaired) electrons. The molecule has 0 aliphatic carbocycles. The second kappa shape index (κ2) is 6.48. The third-order valence-corrected chi connectivity index (χ3v) is 5.57. The smallest absolute Gasteiger partial charge is 0.254 e. The Morgan fingerprint density at radius 3 is 2.69 bits per heavy atom. The van der Waals surface area contributed by atoms with Gasteiger partial charge in [0, 0.05) is 20.1 Å². The number of nitrogens with zero attached hydrogens (tertiary/aromatic N) is 4. The largest absolute Gasteiger partial charge is 0.372 e. The number of ether oxygens (including phenoxy) is 1. The molecule has 1 aliphatic rings. The monoisotopic (exact) mass is 370 g/mol. The fraction of sp³-hybridized carbons (Fsp3) is 0.421. The van der Waals surface area contributed by atoms with Crippen molar-refractivity contribution in [3.8, 4) is 10.6 Å². The van der Waals surface area contributed by atoms with Crippen molar-refractivity contribution < 1.29 is 9.53 Å². The summed E-state index contributed by atoms with van der Waals surface area (Å²) in [5, 5.41) is 7.35. The minimum absolute atomic E-state index is 0.0216. The molecule has 26 heavy (non-hydrogen) atoms. The zero-order chi connectivity index (χ0) is 18.4. The number of amides is 1. The van der Waals surface area contributed by atoms with Gasteiger partial charge in [-0.1, -0.05) is 6.07 Å². The van der Waals surface area contributed by atoms with Gasteiger partial charge < -0.3 is 9.64 Å². The molecule has 3 aromatic heterocycles. The van der Waals surface area contributed by atoms with Crippen LogP contribution in [0.1, 0.15) is 29.9 Å².